The van der Waals surface area contributed by atoms with E-state index in [2.05, 4.69) is 36.4 Å². The van der Waals surface area contributed by atoms with Gasteiger partial charge in [-0.1, -0.05) is 0 Å². The van der Waals surface area contributed by atoms with E-state index in [9.17, 15) is 14.4 Å². The highest BCUT2D eigenvalue weighted by atomic mass is 79.9. The highest BCUT2D eigenvalue weighted by molar-refractivity contribution is 9.10. The molecule has 1 saturated carbocycles. The van der Waals surface area contributed by atoms with Gasteiger partial charge in [0.15, 0.2) is 5.65 Å². The van der Waals surface area contributed by atoms with Crippen molar-refractivity contribution < 1.29 is 23.9 Å². The average molecular weight is 579 g/mol. The smallest absolute Gasteiger partial charge is 0.420 e. The van der Waals surface area contributed by atoms with Crippen LogP contribution in [0, 0.1) is 5.92 Å². The quantitative estimate of drug-likeness (QED) is 0.498. The van der Waals surface area contributed by atoms with Gasteiger partial charge in [-0.3, -0.25) is 4.79 Å². The van der Waals surface area contributed by atoms with Crippen molar-refractivity contribution in [3.63, 3.8) is 0 Å². The Hall–Kier alpha value is -2.82. The first kappa shape index (κ1) is 27.2. The molecule has 37 heavy (non-hydrogen) atoms. The van der Waals surface area contributed by atoms with Crippen molar-refractivity contribution >= 4 is 56.4 Å². The second-order valence-electron chi connectivity index (χ2n) is 11.7. The summed E-state index contributed by atoms with van der Waals surface area (Å²) in [7, 11) is 0. The first-order valence-electron chi connectivity index (χ1n) is 12.7. The van der Waals surface area contributed by atoms with E-state index in [-0.39, 0.29) is 17.9 Å². The van der Waals surface area contributed by atoms with E-state index in [0.717, 1.165) is 42.4 Å². The Morgan fingerprint density at radius 3 is 2.35 bits per heavy atom. The zero-order chi connectivity index (χ0) is 27.1. The Kier molecular flexibility index (Phi) is 7.47. The summed E-state index contributed by atoms with van der Waals surface area (Å²) < 4.78 is 13.1. The molecular formula is C26H36BrN5O5. The van der Waals surface area contributed by atoms with E-state index in [1.807, 2.05) is 20.8 Å². The third-order valence-corrected chi connectivity index (χ3v) is 6.58. The van der Waals surface area contributed by atoms with Crippen molar-refractivity contribution in [3.8, 4) is 0 Å². The van der Waals surface area contributed by atoms with Crippen molar-refractivity contribution in [1.82, 2.24) is 14.9 Å². The lowest BCUT2D eigenvalue weighted by molar-refractivity contribution is -0.117. The lowest BCUT2D eigenvalue weighted by Crippen LogP contribution is -2.49. The number of aromatic nitrogens is 2. The molecule has 0 aromatic carbocycles. The third-order valence-electron chi connectivity index (χ3n) is 6.00. The summed E-state index contributed by atoms with van der Waals surface area (Å²) in [5, 5.41) is 6.64. The number of alkyl carbamates (subject to hydrolysis) is 1. The van der Waals surface area contributed by atoms with Gasteiger partial charge in [0.2, 0.25) is 5.91 Å². The number of nitrogens with one attached hydrogen (secondary N) is 2. The minimum atomic E-state index is -0.698. The summed E-state index contributed by atoms with van der Waals surface area (Å²) in [6, 6.07) is -0.129. The summed E-state index contributed by atoms with van der Waals surface area (Å²) in [5.41, 5.74) is 0.410. The predicted octanol–water partition coefficient (Wildman–Crippen LogP) is 5.42. The van der Waals surface area contributed by atoms with Crippen molar-refractivity contribution in [1.29, 1.82) is 0 Å². The molecule has 0 radical (unpaired) electrons. The van der Waals surface area contributed by atoms with E-state index in [1.165, 1.54) is 4.57 Å². The number of ether oxygens (including phenoxy) is 2. The zero-order valence-electron chi connectivity index (χ0n) is 22.3. The summed E-state index contributed by atoms with van der Waals surface area (Å²) >= 11 is 3.65. The van der Waals surface area contributed by atoms with Gasteiger partial charge in [-0.2, -0.15) is 0 Å². The molecular weight excluding hydrogens is 542 g/mol. The van der Waals surface area contributed by atoms with Crippen LogP contribution in [0.25, 0.3) is 11.0 Å². The molecule has 4 rings (SSSR count). The molecule has 2 fully saturated rings. The maximum Gasteiger partial charge on any atom is 0.420 e. The summed E-state index contributed by atoms with van der Waals surface area (Å²) in [6.45, 7) is 12.2. The minimum Gasteiger partial charge on any atom is -0.444 e. The van der Waals surface area contributed by atoms with Gasteiger partial charge in [-0.15, -0.1) is 0 Å². The molecule has 0 bridgehead atoms. The summed E-state index contributed by atoms with van der Waals surface area (Å²) in [6.07, 6.45) is 5.57. The molecule has 1 aliphatic heterocycles. The number of fused-ring (bicyclic) bond motifs is 1. The number of anilines is 2. The topological polar surface area (TPSA) is 115 Å². The fourth-order valence-corrected chi connectivity index (χ4v) is 4.91. The number of hydrogen-bond donors (Lipinski definition) is 2. The monoisotopic (exact) mass is 577 g/mol. The molecule has 3 heterocycles. The van der Waals surface area contributed by atoms with Gasteiger partial charge in [0.1, 0.15) is 11.2 Å². The molecule has 2 amide bonds. The Balaban J connectivity index is 1.71. The molecule has 11 heteroatoms. The molecule has 202 valence electrons. The van der Waals surface area contributed by atoms with Crippen LogP contribution < -0.4 is 15.5 Å². The Morgan fingerprint density at radius 1 is 1.05 bits per heavy atom. The predicted molar refractivity (Wildman–Crippen MR) is 145 cm³/mol. The second kappa shape index (κ2) is 10.2. The molecule has 2 N–H and O–H groups in total. The van der Waals surface area contributed by atoms with E-state index in [4.69, 9.17) is 9.47 Å². The van der Waals surface area contributed by atoms with Crippen LogP contribution in [0.3, 0.4) is 0 Å². The average Bonchev–Trinajstić information content (AvgIpc) is 3.54. The van der Waals surface area contributed by atoms with Crippen molar-refractivity contribution in [2.45, 2.75) is 84.5 Å². The number of halogens is 1. The van der Waals surface area contributed by atoms with Gasteiger partial charge in [0.25, 0.3) is 0 Å². The van der Waals surface area contributed by atoms with Gasteiger partial charge in [-0.05, 0) is 83.2 Å². The van der Waals surface area contributed by atoms with Crippen LogP contribution in [0.2, 0.25) is 0 Å². The standard InChI is InChI=1S/C26H36BrN5O5/c1-25(2,3)36-23(34)29-16-8-7-11-31(13-16)20-17(27)12-28-21-19(20)18(30-22(33)15-9-10-15)14-32(21)24(35)37-26(4,5)6/h12,14-16H,7-11,13H2,1-6H3,(H,29,34)(H,30,33). The number of amides is 2. The molecule has 10 nitrogen and oxygen atoms in total. The van der Waals surface area contributed by atoms with E-state index < -0.39 is 23.4 Å². The van der Waals surface area contributed by atoms with E-state index >= 15 is 0 Å². The maximum absolute atomic E-state index is 13.1. The Morgan fingerprint density at radius 2 is 1.73 bits per heavy atom. The molecule has 1 atom stereocenters. The first-order chi connectivity index (χ1) is 17.2. The van der Waals surface area contributed by atoms with Crippen molar-refractivity contribution in [3.05, 3.63) is 16.9 Å². The highest BCUT2D eigenvalue weighted by Gasteiger charge is 2.33. The first-order valence-corrected chi connectivity index (χ1v) is 13.5. The fraction of sp³-hybridized carbons (Fsp3) is 0.615. The highest BCUT2D eigenvalue weighted by Crippen LogP contribution is 2.41. The van der Waals surface area contributed by atoms with Crippen LogP contribution >= 0.6 is 15.9 Å². The van der Waals surface area contributed by atoms with Crippen LogP contribution in [-0.2, 0) is 14.3 Å². The van der Waals surface area contributed by atoms with Crippen molar-refractivity contribution in [2.24, 2.45) is 5.92 Å². The molecule has 2 aromatic rings. The molecule has 0 spiro atoms. The molecule has 1 aliphatic carbocycles. The fourth-order valence-electron chi connectivity index (χ4n) is 4.36. The number of piperidine rings is 1. The second-order valence-corrected chi connectivity index (χ2v) is 12.6. The molecule has 2 aromatic heterocycles. The molecule has 1 saturated heterocycles. The number of rotatable bonds is 4. The zero-order valence-corrected chi connectivity index (χ0v) is 23.9. The largest absolute Gasteiger partial charge is 0.444 e. The Labute approximate surface area is 225 Å². The maximum atomic E-state index is 13.1. The molecule has 2 aliphatic rings. The van der Waals surface area contributed by atoms with Gasteiger partial charge in [0.05, 0.1) is 21.2 Å². The third kappa shape index (κ3) is 6.74. The summed E-state index contributed by atoms with van der Waals surface area (Å²) in [5.74, 6) is -0.0850. The van der Waals surface area contributed by atoms with Gasteiger partial charge in [-0.25, -0.2) is 19.1 Å². The lowest BCUT2D eigenvalue weighted by atomic mass is 10.0. The summed E-state index contributed by atoms with van der Waals surface area (Å²) in [4.78, 5) is 44.9. The number of hydrogen-bond acceptors (Lipinski definition) is 7. The number of pyridine rings is 1. The van der Waals surface area contributed by atoms with Gasteiger partial charge >= 0.3 is 12.2 Å². The van der Waals surface area contributed by atoms with E-state index in [0.29, 0.717) is 23.3 Å². The van der Waals surface area contributed by atoms with Crippen LogP contribution in [0.4, 0.5) is 21.0 Å². The van der Waals surface area contributed by atoms with Crippen LogP contribution in [0.1, 0.15) is 67.2 Å². The normalized spacial score (nSPS) is 18.5. The van der Waals surface area contributed by atoms with Gasteiger partial charge in [0, 0.05) is 37.4 Å². The van der Waals surface area contributed by atoms with Gasteiger partial charge < -0.3 is 25.0 Å². The lowest BCUT2D eigenvalue weighted by Gasteiger charge is -2.36. The number of carbonyl (C=O) groups excluding carboxylic acids is 3. The van der Waals surface area contributed by atoms with E-state index in [1.54, 1.807) is 33.2 Å². The van der Waals surface area contributed by atoms with Crippen LogP contribution in [0.5, 0.6) is 0 Å². The number of carbonyl (C=O) groups is 3. The minimum absolute atomic E-state index is 0.0131. The molecule has 1 unspecified atom stereocenters. The van der Waals surface area contributed by atoms with Crippen molar-refractivity contribution in [2.75, 3.05) is 23.3 Å². The number of nitrogens with zero attached hydrogens (tertiary/aromatic N) is 3. The van der Waals surface area contributed by atoms with Crippen LogP contribution in [0.15, 0.2) is 16.9 Å². The van der Waals surface area contributed by atoms with Crippen LogP contribution in [-0.4, -0.2) is 58.0 Å². The SMILES string of the molecule is CC(C)(C)OC(=O)NC1CCCN(c2c(Br)cnc3c2c(NC(=O)C2CC2)cn3C(=O)OC(C)(C)C)C1. The Bertz CT molecular complexity index is 1210.